The summed E-state index contributed by atoms with van der Waals surface area (Å²) < 4.78 is 1.71. The van der Waals surface area contributed by atoms with Gasteiger partial charge in [0.25, 0.3) is 0 Å². The lowest BCUT2D eigenvalue weighted by Gasteiger charge is -2.05. The second-order valence-electron chi connectivity index (χ2n) is 5.66. The predicted octanol–water partition coefficient (Wildman–Crippen LogP) is 3.58. The zero-order chi connectivity index (χ0) is 14.4. The van der Waals surface area contributed by atoms with Crippen LogP contribution in [0.2, 0.25) is 0 Å². The number of aromatic amines is 1. The predicted molar refractivity (Wildman–Crippen MR) is 83.7 cm³/mol. The molecule has 2 heterocycles. The summed E-state index contributed by atoms with van der Waals surface area (Å²) in [5, 5.41) is 5.72. The average Bonchev–Trinajstić information content (AvgIpc) is 2.88. The van der Waals surface area contributed by atoms with E-state index in [1.54, 1.807) is 4.68 Å². The molecule has 0 saturated carbocycles. The maximum Gasteiger partial charge on any atom is 0.121 e. The van der Waals surface area contributed by atoms with Gasteiger partial charge in [-0.2, -0.15) is 5.10 Å². The smallest absolute Gasteiger partial charge is 0.121 e. The zero-order valence-corrected chi connectivity index (χ0v) is 12.4. The number of nitrogens with one attached hydrogen (secondary N) is 1. The van der Waals surface area contributed by atoms with E-state index in [0.717, 1.165) is 22.5 Å². The molecule has 20 heavy (non-hydrogen) atoms. The van der Waals surface area contributed by atoms with Crippen LogP contribution in [0, 0.1) is 6.92 Å². The molecule has 3 aromatic rings. The average molecular weight is 268 g/mol. The molecule has 104 valence electrons. The minimum Gasteiger partial charge on any atom is -0.384 e. The van der Waals surface area contributed by atoms with E-state index in [4.69, 9.17) is 5.73 Å². The second kappa shape index (κ2) is 4.40. The van der Waals surface area contributed by atoms with Crippen molar-refractivity contribution in [3.05, 3.63) is 35.5 Å². The largest absolute Gasteiger partial charge is 0.384 e. The molecular formula is C16H20N4. The number of nitrogen functional groups attached to an aromatic ring is 1. The van der Waals surface area contributed by atoms with E-state index in [0.29, 0.717) is 11.7 Å². The quantitative estimate of drug-likeness (QED) is 0.746. The molecule has 4 nitrogen and oxygen atoms in total. The Morgan fingerprint density at radius 3 is 2.60 bits per heavy atom. The molecule has 1 aromatic carbocycles. The first kappa shape index (κ1) is 12.8. The van der Waals surface area contributed by atoms with E-state index >= 15 is 0 Å². The van der Waals surface area contributed by atoms with Crippen LogP contribution < -0.4 is 5.73 Å². The lowest BCUT2D eigenvalue weighted by molar-refractivity contribution is 0.782. The molecule has 0 spiro atoms. The third-order valence-electron chi connectivity index (χ3n) is 3.85. The van der Waals surface area contributed by atoms with Crippen molar-refractivity contribution < 1.29 is 0 Å². The SMILES string of the molecule is Cc1[nH]c2ccc(C(C)C)cc2c1-c1cc(N)n(C)n1. The number of aryl methyl sites for hydroxylation is 2. The number of nitrogens with two attached hydrogens (primary N) is 1. The second-order valence-corrected chi connectivity index (χ2v) is 5.66. The first-order chi connectivity index (χ1) is 9.47. The van der Waals surface area contributed by atoms with Crippen molar-refractivity contribution in [3.8, 4) is 11.3 Å². The van der Waals surface area contributed by atoms with Crippen molar-refractivity contribution in [3.63, 3.8) is 0 Å². The molecule has 0 radical (unpaired) electrons. The number of rotatable bonds is 2. The van der Waals surface area contributed by atoms with Crippen LogP contribution in [-0.2, 0) is 7.05 Å². The van der Waals surface area contributed by atoms with Gasteiger partial charge in [0.2, 0.25) is 0 Å². The van der Waals surface area contributed by atoms with Crippen LogP contribution in [0.1, 0.15) is 31.0 Å². The van der Waals surface area contributed by atoms with Gasteiger partial charge in [0, 0.05) is 35.3 Å². The van der Waals surface area contributed by atoms with Crippen molar-refractivity contribution in [2.75, 3.05) is 5.73 Å². The van der Waals surface area contributed by atoms with Crippen LogP contribution >= 0.6 is 0 Å². The molecule has 0 fully saturated rings. The van der Waals surface area contributed by atoms with Gasteiger partial charge in [0.1, 0.15) is 5.82 Å². The number of hydrogen-bond acceptors (Lipinski definition) is 2. The van der Waals surface area contributed by atoms with Crippen molar-refractivity contribution in [2.24, 2.45) is 7.05 Å². The van der Waals surface area contributed by atoms with Gasteiger partial charge in [0.05, 0.1) is 5.69 Å². The van der Waals surface area contributed by atoms with Crippen LogP contribution in [0.25, 0.3) is 22.2 Å². The molecule has 0 saturated heterocycles. The fraction of sp³-hybridized carbons (Fsp3) is 0.312. The van der Waals surface area contributed by atoms with Crippen LogP contribution in [0.5, 0.6) is 0 Å². The summed E-state index contributed by atoms with van der Waals surface area (Å²) in [6, 6.07) is 8.51. The Hall–Kier alpha value is -2.23. The van der Waals surface area contributed by atoms with Gasteiger partial charge >= 0.3 is 0 Å². The minimum absolute atomic E-state index is 0.510. The molecular weight excluding hydrogens is 248 g/mol. The number of benzene rings is 1. The summed E-state index contributed by atoms with van der Waals surface area (Å²) in [6.07, 6.45) is 0. The maximum atomic E-state index is 5.91. The highest BCUT2D eigenvalue weighted by Crippen LogP contribution is 2.33. The van der Waals surface area contributed by atoms with Crippen molar-refractivity contribution in [1.82, 2.24) is 14.8 Å². The molecule has 0 aliphatic carbocycles. The van der Waals surface area contributed by atoms with Crippen LogP contribution in [0.3, 0.4) is 0 Å². The van der Waals surface area contributed by atoms with Gasteiger partial charge in [-0.1, -0.05) is 19.9 Å². The molecule has 0 aliphatic rings. The van der Waals surface area contributed by atoms with Crippen LogP contribution in [-0.4, -0.2) is 14.8 Å². The van der Waals surface area contributed by atoms with Crippen molar-refractivity contribution >= 4 is 16.7 Å². The van der Waals surface area contributed by atoms with Gasteiger partial charge in [-0.3, -0.25) is 4.68 Å². The highest BCUT2D eigenvalue weighted by molar-refractivity contribution is 5.97. The maximum absolute atomic E-state index is 5.91. The van der Waals surface area contributed by atoms with Gasteiger partial charge < -0.3 is 10.7 Å². The fourth-order valence-corrected chi connectivity index (χ4v) is 2.64. The zero-order valence-electron chi connectivity index (χ0n) is 12.4. The summed E-state index contributed by atoms with van der Waals surface area (Å²) in [7, 11) is 1.86. The van der Waals surface area contributed by atoms with E-state index in [1.807, 2.05) is 13.1 Å². The monoisotopic (exact) mass is 268 g/mol. The molecule has 0 aliphatic heterocycles. The van der Waals surface area contributed by atoms with E-state index < -0.39 is 0 Å². The third-order valence-corrected chi connectivity index (χ3v) is 3.85. The first-order valence-corrected chi connectivity index (χ1v) is 6.89. The Bertz CT molecular complexity index is 758. The highest BCUT2D eigenvalue weighted by Gasteiger charge is 2.15. The summed E-state index contributed by atoms with van der Waals surface area (Å²) in [4.78, 5) is 3.43. The van der Waals surface area contributed by atoms with Crippen LogP contribution in [0.4, 0.5) is 5.82 Å². The molecule has 3 N–H and O–H groups in total. The van der Waals surface area contributed by atoms with Gasteiger partial charge in [-0.05, 0) is 30.5 Å². The number of H-pyrrole nitrogens is 1. The van der Waals surface area contributed by atoms with Crippen molar-refractivity contribution in [1.29, 1.82) is 0 Å². The molecule has 0 atom stereocenters. The standard InChI is InChI=1S/C16H20N4/c1-9(2)11-5-6-13-12(7-11)16(10(3)18-13)14-8-15(17)20(4)19-14/h5-9,18H,17H2,1-4H3. The molecule has 0 bridgehead atoms. The van der Waals surface area contributed by atoms with Gasteiger partial charge in [-0.15, -0.1) is 0 Å². The number of nitrogens with zero attached hydrogens (tertiary/aromatic N) is 2. The topological polar surface area (TPSA) is 59.6 Å². The number of anilines is 1. The summed E-state index contributed by atoms with van der Waals surface area (Å²) in [6.45, 7) is 6.49. The Morgan fingerprint density at radius 2 is 2.00 bits per heavy atom. The normalized spacial score (nSPS) is 11.7. The van der Waals surface area contributed by atoms with Crippen LogP contribution in [0.15, 0.2) is 24.3 Å². The van der Waals surface area contributed by atoms with Gasteiger partial charge in [-0.25, -0.2) is 0 Å². The summed E-state index contributed by atoms with van der Waals surface area (Å²) in [5.74, 6) is 1.19. The van der Waals surface area contributed by atoms with Gasteiger partial charge in [0.15, 0.2) is 0 Å². The highest BCUT2D eigenvalue weighted by atomic mass is 15.3. The third kappa shape index (κ3) is 1.88. The Balaban J connectivity index is 2.28. The minimum atomic E-state index is 0.510. The fourth-order valence-electron chi connectivity index (χ4n) is 2.64. The molecule has 4 heteroatoms. The number of hydrogen-bond donors (Lipinski definition) is 2. The Labute approximate surface area is 118 Å². The molecule has 2 aromatic heterocycles. The molecule has 0 amide bonds. The van der Waals surface area contributed by atoms with E-state index in [1.165, 1.54) is 10.9 Å². The first-order valence-electron chi connectivity index (χ1n) is 6.89. The van der Waals surface area contributed by atoms with E-state index in [2.05, 4.69) is 49.1 Å². The van der Waals surface area contributed by atoms with E-state index in [-0.39, 0.29) is 0 Å². The summed E-state index contributed by atoms with van der Waals surface area (Å²) >= 11 is 0. The number of aromatic nitrogens is 3. The van der Waals surface area contributed by atoms with E-state index in [9.17, 15) is 0 Å². The lowest BCUT2D eigenvalue weighted by atomic mass is 9.99. The number of fused-ring (bicyclic) bond motifs is 1. The molecule has 3 rings (SSSR count). The Morgan fingerprint density at radius 1 is 1.25 bits per heavy atom. The molecule has 0 unspecified atom stereocenters. The van der Waals surface area contributed by atoms with Crippen molar-refractivity contribution in [2.45, 2.75) is 26.7 Å². The summed E-state index contributed by atoms with van der Waals surface area (Å²) in [5.41, 5.74) is 11.6. The lowest BCUT2D eigenvalue weighted by Crippen LogP contribution is -1.96. The Kier molecular flexibility index (Phi) is 2.82.